The van der Waals surface area contributed by atoms with Gasteiger partial charge in [0.05, 0.1) is 5.70 Å². The number of nitrogens with zero attached hydrogens (tertiary/aromatic N) is 1. The molecule has 0 amide bonds. The molecular formula is C20H19N2. The Kier molecular flexibility index (Phi) is 3.43. The van der Waals surface area contributed by atoms with Gasteiger partial charge in [-0.3, -0.25) is 0 Å². The van der Waals surface area contributed by atoms with Gasteiger partial charge in [-0.2, -0.15) is 0 Å². The van der Waals surface area contributed by atoms with Gasteiger partial charge in [-0.15, -0.1) is 0 Å². The number of hydrogen-bond acceptors (Lipinski definition) is 2. The Labute approximate surface area is 131 Å². The number of rotatable bonds is 1. The van der Waals surface area contributed by atoms with E-state index in [1.807, 2.05) is 12.3 Å². The fourth-order valence-electron chi connectivity index (χ4n) is 3.21. The van der Waals surface area contributed by atoms with Crippen molar-refractivity contribution in [2.24, 2.45) is 0 Å². The summed E-state index contributed by atoms with van der Waals surface area (Å²) in [5, 5.41) is 3.34. The van der Waals surface area contributed by atoms with Crippen LogP contribution in [0.5, 0.6) is 0 Å². The molecule has 22 heavy (non-hydrogen) atoms. The van der Waals surface area contributed by atoms with E-state index < -0.39 is 0 Å². The Balaban J connectivity index is 1.80. The third-order valence-electron chi connectivity index (χ3n) is 4.32. The SMILES string of the molecule is [C]1=C(N2CCCCc3ccccc32)C=CNc2ccccc21. The van der Waals surface area contributed by atoms with Crippen LogP contribution in [-0.2, 0) is 6.42 Å². The van der Waals surface area contributed by atoms with Gasteiger partial charge in [0.25, 0.3) is 0 Å². The van der Waals surface area contributed by atoms with Crippen molar-refractivity contribution in [3.05, 3.63) is 83.7 Å². The predicted molar refractivity (Wildman–Crippen MR) is 91.8 cm³/mol. The van der Waals surface area contributed by atoms with Crippen LogP contribution in [0.15, 0.2) is 66.5 Å². The zero-order valence-electron chi connectivity index (χ0n) is 12.5. The Morgan fingerprint density at radius 2 is 1.82 bits per heavy atom. The van der Waals surface area contributed by atoms with E-state index in [9.17, 15) is 0 Å². The summed E-state index contributed by atoms with van der Waals surface area (Å²) >= 11 is 0. The highest BCUT2D eigenvalue weighted by Crippen LogP contribution is 2.31. The Bertz CT molecular complexity index is 743. The van der Waals surface area contributed by atoms with E-state index in [4.69, 9.17) is 0 Å². The molecule has 2 aliphatic heterocycles. The minimum Gasteiger partial charge on any atom is -0.361 e. The molecule has 2 heterocycles. The number of allylic oxidation sites excluding steroid dienone is 1. The third kappa shape index (κ3) is 2.41. The smallest absolute Gasteiger partial charge is 0.0512 e. The van der Waals surface area contributed by atoms with Crippen LogP contribution in [0, 0.1) is 6.08 Å². The number of nitrogens with one attached hydrogen (secondary N) is 1. The summed E-state index contributed by atoms with van der Waals surface area (Å²) in [6.45, 7) is 1.05. The van der Waals surface area contributed by atoms with Crippen LogP contribution in [0.1, 0.15) is 24.0 Å². The van der Waals surface area contributed by atoms with Crippen molar-refractivity contribution in [2.75, 3.05) is 16.8 Å². The molecule has 0 atom stereocenters. The van der Waals surface area contributed by atoms with Crippen molar-refractivity contribution in [3.8, 4) is 0 Å². The molecule has 4 rings (SSSR count). The molecule has 2 aliphatic rings. The second-order valence-electron chi connectivity index (χ2n) is 5.77. The van der Waals surface area contributed by atoms with Gasteiger partial charge in [0.2, 0.25) is 0 Å². The monoisotopic (exact) mass is 287 g/mol. The van der Waals surface area contributed by atoms with E-state index in [-0.39, 0.29) is 0 Å². The number of fused-ring (bicyclic) bond motifs is 2. The highest BCUT2D eigenvalue weighted by molar-refractivity contribution is 5.64. The first-order chi connectivity index (χ1) is 10.9. The molecule has 1 N–H and O–H groups in total. The van der Waals surface area contributed by atoms with Crippen molar-refractivity contribution >= 4 is 11.4 Å². The summed E-state index contributed by atoms with van der Waals surface area (Å²) in [6, 6.07) is 17.1. The predicted octanol–water partition coefficient (Wildman–Crippen LogP) is 4.50. The van der Waals surface area contributed by atoms with Crippen molar-refractivity contribution in [1.29, 1.82) is 0 Å². The van der Waals surface area contributed by atoms with Crippen LogP contribution >= 0.6 is 0 Å². The number of anilines is 2. The molecule has 0 saturated carbocycles. The van der Waals surface area contributed by atoms with Gasteiger partial charge in [0.1, 0.15) is 0 Å². The van der Waals surface area contributed by atoms with Crippen LogP contribution in [0.25, 0.3) is 0 Å². The Hall–Kier alpha value is -2.48. The molecule has 2 aromatic rings. The van der Waals surface area contributed by atoms with Crippen molar-refractivity contribution < 1.29 is 0 Å². The summed E-state index contributed by atoms with van der Waals surface area (Å²) in [6.07, 6.45) is 11.4. The van der Waals surface area contributed by atoms with E-state index in [2.05, 4.69) is 64.8 Å². The minimum absolute atomic E-state index is 1.05. The quantitative estimate of drug-likeness (QED) is 0.830. The average Bonchev–Trinajstić information content (AvgIpc) is 2.90. The average molecular weight is 287 g/mol. The molecule has 0 unspecified atom stereocenters. The van der Waals surface area contributed by atoms with Crippen LogP contribution < -0.4 is 10.2 Å². The molecule has 0 aliphatic carbocycles. The normalized spacial score (nSPS) is 16.7. The lowest BCUT2D eigenvalue weighted by Gasteiger charge is -2.25. The van der Waals surface area contributed by atoms with Crippen LogP contribution in [0.3, 0.4) is 0 Å². The zero-order chi connectivity index (χ0) is 14.8. The molecule has 109 valence electrons. The Morgan fingerprint density at radius 3 is 2.82 bits per heavy atom. The lowest BCUT2D eigenvalue weighted by Crippen LogP contribution is -2.22. The first-order valence-electron chi connectivity index (χ1n) is 7.93. The molecule has 2 nitrogen and oxygen atoms in total. The lowest BCUT2D eigenvalue weighted by atomic mass is 10.1. The molecule has 0 saturated heterocycles. The zero-order valence-corrected chi connectivity index (χ0v) is 12.5. The molecular weight excluding hydrogens is 268 g/mol. The van der Waals surface area contributed by atoms with Gasteiger partial charge in [-0.1, -0.05) is 36.4 Å². The summed E-state index contributed by atoms with van der Waals surface area (Å²) in [5.74, 6) is 0. The van der Waals surface area contributed by atoms with Crippen LogP contribution in [0.4, 0.5) is 11.4 Å². The molecule has 1 radical (unpaired) electrons. The lowest BCUT2D eigenvalue weighted by molar-refractivity contribution is 0.753. The third-order valence-corrected chi connectivity index (χ3v) is 4.32. The topological polar surface area (TPSA) is 15.3 Å². The molecule has 0 bridgehead atoms. The van der Waals surface area contributed by atoms with Gasteiger partial charge < -0.3 is 10.2 Å². The second-order valence-corrected chi connectivity index (χ2v) is 5.77. The van der Waals surface area contributed by atoms with Gasteiger partial charge in [0.15, 0.2) is 0 Å². The van der Waals surface area contributed by atoms with Crippen LogP contribution in [-0.4, -0.2) is 6.54 Å². The summed E-state index contributed by atoms with van der Waals surface area (Å²) in [4.78, 5) is 2.41. The second kappa shape index (κ2) is 5.72. The van der Waals surface area contributed by atoms with Crippen molar-refractivity contribution in [3.63, 3.8) is 0 Å². The largest absolute Gasteiger partial charge is 0.361 e. The van der Waals surface area contributed by atoms with E-state index in [1.54, 1.807) is 0 Å². The fourth-order valence-corrected chi connectivity index (χ4v) is 3.21. The van der Waals surface area contributed by atoms with E-state index in [0.29, 0.717) is 0 Å². The van der Waals surface area contributed by atoms with E-state index >= 15 is 0 Å². The molecule has 2 heteroatoms. The first kappa shape index (κ1) is 13.2. The highest BCUT2D eigenvalue weighted by Gasteiger charge is 2.18. The maximum absolute atomic E-state index is 3.59. The molecule has 0 fully saturated rings. The van der Waals surface area contributed by atoms with Gasteiger partial charge in [-0.25, -0.2) is 0 Å². The standard InChI is InChI=1S/C20H19N2/c1-3-10-19-17(9-1)15-18(12-13-21-19)22-14-6-5-8-16-7-2-4-11-20(16)22/h1-4,7,9-13,21H,5-6,8,14H2. The first-order valence-corrected chi connectivity index (χ1v) is 7.93. The van der Waals surface area contributed by atoms with E-state index in [1.165, 1.54) is 30.5 Å². The van der Waals surface area contributed by atoms with Crippen molar-refractivity contribution in [1.82, 2.24) is 0 Å². The van der Waals surface area contributed by atoms with Gasteiger partial charge >= 0.3 is 0 Å². The highest BCUT2D eigenvalue weighted by atomic mass is 15.1. The maximum Gasteiger partial charge on any atom is 0.0512 e. The molecule has 0 spiro atoms. The molecule has 0 aromatic heterocycles. The minimum atomic E-state index is 1.05. The summed E-state index contributed by atoms with van der Waals surface area (Å²) < 4.78 is 0. The van der Waals surface area contributed by atoms with Gasteiger partial charge in [0, 0.05) is 35.8 Å². The van der Waals surface area contributed by atoms with Crippen molar-refractivity contribution in [2.45, 2.75) is 19.3 Å². The maximum atomic E-state index is 3.59. The summed E-state index contributed by atoms with van der Waals surface area (Å²) in [5.41, 5.74) is 6.12. The molecule has 2 aromatic carbocycles. The number of para-hydroxylation sites is 2. The number of aryl methyl sites for hydroxylation is 1. The number of hydrogen-bond donors (Lipinski definition) is 1. The van der Waals surface area contributed by atoms with E-state index in [0.717, 1.165) is 23.5 Å². The number of benzene rings is 2. The van der Waals surface area contributed by atoms with Gasteiger partial charge in [-0.05, 0) is 43.0 Å². The fraction of sp³-hybridized carbons (Fsp3) is 0.200. The summed E-state index contributed by atoms with van der Waals surface area (Å²) in [7, 11) is 0. The Morgan fingerprint density at radius 1 is 0.955 bits per heavy atom. The van der Waals surface area contributed by atoms with Crippen LogP contribution in [0.2, 0.25) is 0 Å².